The number of halogens is 11. The van der Waals surface area contributed by atoms with Crippen molar-refractivity contribution >= 4 is 69.6 Å². The van der Waals surface area contributed by atoms with Gasteiger partial charge in [-0.25, -0.2) is 17.6 Å². The van der Waals surface area contributed by atoms with Crippen LogP contribution in [0.2, 0.25) is 10.0 Å². The maximum atomic E-state index is 14.6. The minimum atomic E-state index is -5.27. The van der Waals surface area contributed by atoms with Crippen LogP contribution in [0.15, 0.2) is 42.5 Å². The molecule has 3 aromatic rings. The van der Waals surface area contributed by atoms with E-state index in [4.69, 9.17) is 46.4 Å². The second kappa shape index (κ2) is 11.7. The van der Waals surface area contributed by atoms with Crippen LogP contribution in [-0.2, 0) is 22.4 Å². The Bertz CT molecular complexity index is 1630. The van der Waals surface area contributed by atoms with Gasteiger partial charge < -0.3 is 5.32 Å². The molecule has 4 nitrogen and oxygen atoms in total. The second-order valence-corrected chi connectivity index (χ2v) is 11.6. The molecule has 1 N–H and O–H groups in total. The lowest BCUT2D eigenvalue weighted by atomic mass is 9.98. The van der Waals surface area contributed by atoms with Crippen molar-refractivity contribution in [2.24, 2.45) is 5.92 Å². The lowest BCUT2D eigenvalue weighted by molar-refractivity contribution is -0.170. The summed E-state index contributed by atoms with van der Waals surface area (Å²) < 4.78 is 92.8. The third-order valence-corrected chi connectivity index (χ3v) is 8.08. The molecule has 4 rings (SSSR count). The predicted octanol–water partition coefficient (Wildman–Crippen LogP) is 8.18. The Morgan fingerprint density at radius 1 is 0.810 bits per heavy atom. The number of amides is 1. The van der Waals surface area contributed by atoms with Gasteiger partial charge in [0.1, 0.15) is 27.6 Å². The van der Waals surface area contributed by atoms with Crippen LogP contribution in [0.4, 0.5) is 36.4 Å². The number of benzene rings is 3. The van der Waals surface area contributed by atoms with Gasteiger partial charge in [-0.2, -0.15) is 13.2 Å². The minimum Gasteiger partial charge on any atom is -0.326 e. The molecule has 222 valence electrons. The van der Waals surface area contributed by atoms with Crippen molar-refractivity contribution < 1.29 is 45.1 Å². The van der Waals surface area contributed by atoms with Crippen molar-refractivity contribution in [3.05, 3.63) is 98.0 Å². The summed E-state index contributed by atoms with van der Waals surface area (Å²) in [6.45, 7) is 0. The average Bonchev–Trinajstić information content (AvgIpc) is 3.46. The highest BCUT2D eigenvalue weighted by molar-refractivity contribution is 6.53. The van der Waals surface area contributed by atoms with Crippen LogP contribution in [0.25, 0.3) is 0 Å². The van der Waals surface area contributed by atoms with E-state index in [0.717, 1.165) is 18.2 Å². The number of alkyl halides is 5. The lowest BCUT2D eigenvalue weighted by Gasteiger charge is -2.12. The van der Waals surface area contributed by atoms with Crippen LogP contribution in [0, 0.1) is 29.2 Å². The van der Waals surface area contributed by atoms with Crippen molar-refractivity contribution in [2.45, 2.75) is 29.3 Å². The zero-order chi connectivity index (χ0) is 31.3. The van der Waals surface area contributed by atoms with Gasteiger partial charge in [0.15, 0.2) is 5.78 Å². The Morgan fingerprint density at radius 3 is 2.02 bits per heavy atom. The maximum Gasteiger partial charge on any atom is 0.450 e. The summed E-state index contributed by atoms with van der Waals surface area (Å²) in [5, 5.41) is 1.39. The normalized spacial score (nSPS) is 17.6. The van der Waals surface area contributed by atoms with Crippen LogP contribution < -0.4 is 5.32 Å². The van der Waals surface area contributed by atoms with Crippen molar-refractivity contribution in [3.63, 3.8) is 0 Å². The predicted molar refractivity (Wildman–Crippen MR) is 141 cm³/mol. The molecular formula is C27H14Cl4F7NO3. The first-order valence-electron chi connectivity index (χ1n) is 11.6. The Morgan fingerprint density at radius 2 is 1.43 bits per heavy atom. The molecule has 1 amide bonds. The molecule has 0 aliphatic heterocycles. The van der Waals surface area contributed by atoms with Gasteiger partial charge in [0.2, 0.25) is 11.7 Å². The summed E-state index contributed by atoms with van der Waals surface area (Å²) in [5.41, 5.74) is -1.89. The SMILES string of the molecule is O=C(Cc1cc(CC(=O)C(F)(F)F)c(F)cc1F)c1cc(NC(=O)[C@H]2[C@H](c3ccc(F)c(Cl)c3)C2(Cl)Cl)cc(F)c1Cl. The van der Waals surface area contributed by atoms with Gasteiger partial charge in [0.05, 0.1) is 16.0 Å². The Labute approximate surface area is 252 Å². The van der Waals surface area contributed by atoms with E-state index in [1.807, 2.05) is 0 Å². The van der Waals surface area contributed by atoms with Crippen molar-refractivity contribution in [2.75, 3.05) is 5.32 Å². The Balaban J connectivity index is 1.55. The van der Waals surface area contributed by atoms with E-state index >= 15 is 0 Å². The first-order valence-corrected chi connectivity index (χ1v) is 13.2. The first kappa shape index (κ1) is 32.1. The Kier molecular flexibility index (Phi) is 8.91. The van der Waals surface area contributed by atoms with Crippen molar-refractivity contribution in [1.29, 1.82) is 0 Å². The monoisotopic (exact) mass is 673 g/mol. The largest absolute Gasteiger partial charge is 0.450 e. The summed E-state index contributed by atoms with van der Waals surface area (Å²) in [6.07, 6.45) is -7.63. The standard InChI is InChI=1S/C27H14Cl4F7NO3/c28-15-4-10(1-2-16(15)32)22-23(26(22,30)31)25(42)39-13-7-14(24(29)19(35)8-13)20(40)5-11-3-12(18(34)9-17(11)33)6-21(41)27(36,37)38/h1-4,7-9,22-23H,5-6H2,(H,39,42)/t22-,23+/m0/s1. The summed E-state index contributed by atoms with van der Waals surface area (Å²) in [6, 6.07) is 6.15. The number of rotatable bonds is 8. The molecule has 1 aliphatic carbocycles. The van der Waals surface area contributed by atoms with Crippen molar-refractivity contribution in [3.8, 4) is 0 Å². The summed E-state index contributed by atoms with van der Waals surface area (Å²) in [7, 11) is 0. The topological polar surface area (TPSA) is 63.2 Å². The van der Waals surface area contributed by atoms with Crippen LogP contribution in [0.5, 0.6) is 0 Å². The van der Waals surface area contributed by atoms with Gasteiger partial charge in [-0.15, -0.1) is 23.2 Å². The molecule has 0 saturated heterocycles. The number of ketones is 2. The van der Waals surface area contributed by atoms with Crippen LogP contribution in [0.3, 0.4) is 0 Å². The number of hydrogen-bond donors (Lipinski definition) is 1. The molecule has 0 bridgehead atoms. The smallest absolute Gasteiger partial charge is 0.326 e. The molecule has 1 fully saturated rings. The van der Waals surface area contributed by atoms with E-state index in [-0.39, 0.29) is 16.8 Å². The minimum absolute atomic E-state index is 0.214. The van der Waals surface area contributed by atoms with Gasteiger partial charge >= 0.3 is 6.18 Å². The van der Waals surface area contributed by atoms with E-state index in [2.05, 4.69) is 5.32 Å². The van der Waals surface area contributed by atoms with E-state index in [9.17, 15) is 45.1 Å². The number of carbonyl (C=O) groups is 3. The van der Waals surface area contributed by atoms with Gasteiger partial charge in [-0.3, -0.25) is 14.4 Å². The van der Waals surface area contributed by atoms with Crippen molar-refractivity contribution in [1.82, 2.24) is 0 Å². The van der Waals surface area contributed by atoms with E-state index < -0.39 is 97.6 Å². The molecule has 15 heteroatoms. The molecule has 0 aromatic heterocycles. The fourth-order valence-electron chi connectivity index (χ4n) is 4.31. The summed E-state index contributed by atoms with van der Waals surface area (Å²) >= 11 is 24.2. The molecule has 0 heterocycles. The van der Waals surface area contributed by atoms with Crippen LogP contribution >= 0.6 is 46.4 Å². The molecule has 42 heavy (non-hydrogen) atoms. The quantitative estimate of drug-likeness (QED) is 0.149. The zero-order valence-corrected chi connectivity index (χ0v) is 23.5. The van der Waals surface area contributed by atoms with E-state index in [1.54, 1.807) is 0 Å². The lowest BCUT2D eigenvalue weighted by Crippen LogP contribution is -2.25. The molecule has 0 spiro atoms. The Hall–Kier alpha value is -2.86. The highest BCUT2D eigenvalue weighted by Crippen LogP contribution is 2.65. The second-order valence-electron chi connectivity index (χ2n) is 9.34. The summed E-state index contributed by atoms with van der Waals surface area (Å²) in [4.78, 5) is 37.2. The fraction of sp³-hybridized carbons (Fsp3) is 0.222. The number of hydrogen-bond acceptors (Lipinski definition) is 3. The zero-order valence-electron chi connectivity index (χ0n) is 20.5. The third kappa shape index (κ3) is 6.54. The summed E-state index contributed by atoms with van der Waals surface area (Å²) in [5.74, 6) is -10.7. The van der Waals surface area contributed by atoms with Gasteiger partial charge in [-0.1, -0.05) is 29.3 Å². The van der Waals surface area contributed by atoms with E-state index in [0.29, 0.717) is 11.6 Å². The third-order valence-electron chi connectivity index (χ3n) is 6.47. The molecule has 3 aromatic carbocycles. The molecular weight excluding hydrogens is 661 g/mol. The number of Topliss-reactive ketones (excluding diaryl/α,β-unsaturated/α-hetero) is 2. The maximum absolute atomic E-state index is 14.6. The molecule has 1 saturated carbocycles. The van der Waals surface area contributed by atoms with E-state index in [1.165, 1.54) is 12.1 Å². The van der Waals surface area contributed by atoms with Gasteiger partial charge in [-0.05, 0) is 47.0 Å². The van der Waals surface area contributed by atoms with Gasteiger partial charge in [0.25, 0.3) is 0 Å². The fourth-order valence-corrected chi connectivity index (χ4v) is 5.55. The highest BCUT2D eigenvalue weighted by Gasteiger charge is 2.67. The molecule has 2 atom stereocenters. The number of anilines is 1. The molecule has 0 radical (unpaired) electrons. The van der Waals surface area contributed by atoms with Gasteiger partial charge in [0, 0.05) is 36.1 Å². The van der Waals surface area contributed by atoms with Crippen LogP contribution in [0.1, 0.15) is 33.0 Å². The molecule has 1 aliphatic rings. The first-order chi connectivity index (χ1) is 19.4. The average molecular weight is 675 g/mol. The molecule has 0 unspecified atom stereocenters. The number of nitrogens with one attached hydrogen (secondary N) is 1. The number of carbonyl (C=O) groups excluding carboxylic acids is 3. The highest BCUT2D eigenvalue weighted by atomic mass is 35.5. The van der Waals surface area contributed by atoms with Crippen LogP contribution in [-0.4, -0.2) is 28.0 Å².